The van der Waals surface area contributed by atoms with Gasteiger partial charge in [-0.25, -0.2) is 14.5 Å². The third-order valence-corrected chi connectivity index (χ3v) is 9.07. The van der Waals surface area contributed by atoms with Gasteiger partial charge in [0.15, 0.2) is 11.4 Å². The minimum Gasteiger partial charge on any atom is -0.494 e. The molecule has 6 bridgehead atoms. The summed E-state index contributed by atoms with van der Waals surface area (Å²) in [6.07, 6.45) is 7.19. The first-order chi connectivity index (χ1) is 24.3. The molecule has 6 heterocycles. The minimum atomic E-state index is -0.549. The molecule has 2 aliphatic rings. The number of rotatable bonds is 2. The standard InChI is InChI=1S/C35H37N9O6/c1-22-9-16-50-33(22)35(48)43-13-8-27-31-32(43)24-5-3-6-25(17-24)49-15-4-10-36-29(45)19-41(14-12-37-30(46)20-42(27)21-39-31)34(47)26-18-38-28-7-11-40-44(28)23(26)2/h3,5-7,9,11,16-18,21,32H,4,8,10,12-15,19-20H2,1-2H3,(H,36,45)(H,37,46). The Balaban J connectivity index is 1.16. The van der Waals surface area contributed by atoms with Crippen molar-refractivity contribution < 1.29 is 28.3 Å². The van der Waals surface area contributed by atoms with Crippen LogP contribution in [0.4, 0.5) is 0 Å². The van der Waals surface area contributed by atoms with Crippen molar-refractivity contribution in [3.63, 3.8) is 0 Å². The fourth-order valence-electron chi connectivity index (χ4n) is 6.50. The highest BCUT2D eigenvalue weighted by molar-refractivity contribution is 5.97. The lowest BCUT2D eigenvalue weighted by molar-refractivity contribution is -0.121. The molecule has 4 aromatic heterocycles. The number of hydrogen-bond donors (Lipinski definition) is 2. The number of hydrogen-bond acceptors (Lipinski definition) is 9. The molecule has 15 nitrogen and oxygen atoms in total. The topological polar surface area (TPSA) is 169 Å². The SMILES string of the molecule is Cc1ccoc1C(=O)N1CCc2c3ncn2CC(=O)NCCN(C(=O)c2cnc4ccnn4c2C)CC(=O)NCCCOc2cccc(c2)C31. The van der Waals surface area contributed by atoms with E-state index in [4.69, 9.17) is 14.1 Å². The van der Waals surface area contributed by atoms with Crippen molar-refractivity contribution in [2.75, 3.05) is 39.3 Å². The van der Waals surface area contributed by atoms with Crippen molar-refractivity contribution in [1.29, 1.82) is 0 Å². The zero-order valence-corrected chi connectivity index (χ0v) is 27.8. The van der Waals surface area contributed by atoms with Crippen LogP contribution in [0.5, 0.6) is 5.75 Å². The molecule has 2 aliphatic heterocycles. The van der Waals surface area contributed by atoms with E-state index < -0.39 is 11.9 Å². The number of carbonyl (C=O) groups is 4. The lowest BCUT2D eigenvalue weighted by Crippen LogP contribution is -2.45. The van der Waals surface area contributed by atoms with Crippen LogP contribution in [0.3, 0.4) is 0 Å². The molecule has 7 rings (SSSR count). The summed E-state index contributed by atoms with van der Waals surface area (Å²) in [6.45, 7) is 4.59. The van der Waals surface area contributed by atoms with Gasteiger partial charge in [-0.3, -0.25) is 19.2 Å². The zero-order chi connectivity index (χ0) is 34.8. The number of nitrogens with zero attached hydrogens (tertiary/aromatic N) is 7. The first kappa shape index (κ1) is 32.6. The number of fused-ring (bicyclic) bond motifs is 4. The van der Waals surface area contributed by atoms with E-state index in [1.165, 1.54) is 17.4 Å². The summed E-state index contributed by atoms with van der Waals surface area (Å²) in [5.41, 5.74) is 4.56. The molecule has 1 aromatic carbocycles. The average Bonchev–Trinajstić information content (AvgIpc) is 3.87. The van der Waals surface area contributed by atoms with Crippen LogP contribution < -0.4 is 15.4 Å². The first-order valence-electron chi connectivity index (χ1n) is 16.5. The van der Waals surface area contributed by atoms with Crippen LogP contribution in [0.25, 0.3) is 5.65 Å². The molecule has 0 saturated heterocycles. The molecule has 15 heteroatoms. The quantitative estimate of drug-likeness (QED) is 0.284. The molecule has 0 radical (unpaired) electrons. The lowest BCUT2D eigenvalue weighted by Gasteiger charge is -2.35. The molecule has 50 heavy (non-hydrogen) atoms. The van der Waals surface area contributed by atoms with Gasteiger partial charge in [-0.1, -0.05) is 12.1 Å². The van der Waals surface area contributed by atoms with Crippen LogP contribution in [0.15, 0.2) is 65.8 Å². The Kier molecular flexibility index (Phi) is 9.02. The Morgan fingerprint density at radius 1 is 0.960 bits per heavy atom. The van der Waals surface area contributed by atoms with Gasteiger partial charge in [0.1, 0.15) is 18.3 Å². The molecular weight excluding hydrogens is 642 g/mol. The maximum atomic E-state index is 13.8. The summed E-state index contributed by atoms with van der Waals surface area (Å²) in [4.78, 5) is 66.1. The van der Waals surface area contributed by atoms with E-state index in [1.807, 2.05) is 31.2 Å². The van der Waals surface area contributed by atoms with Gasteiger partial charge in [0.05, 0.1) is 48.9 Å². The van der Waals surface area contributed by atoms with E-state index in [-0.39, 0.29) is 49.7 Å². The lowest BCUT2D eigenvalue weighted by atomic mass is 9.94. The molecule has 5 aromatic rings. The van der Waals surface area contributed by atoms with E-state index in [1.54, 1.807) is 45.6 Å². The second-order valence-electron chi connectivity index (χ2n) is 12.3. The summed E-state index contributed by atoms with van der Waals surface area (Å²) in [5.74, 6) is -0.408. The highest BCUT2D eigenvalue weighted by Gasteiger charge is 2.37. The molecule has 1 atom stereocenters. The zero-order valence-electron chi connectivity index (χ0n) is 27.8. The number of amides is 4. The molecule has 258 valence electrons. The van der Waals surface area contributed by atoms with Crippen molar-refractivity contribution in [3.8, 4) is 5.75 Å². The molecule has 1 unspecified atom stereocenters. The smallest absolute Gasteiger partial charge is 0.290 e. The molecular formula is C35H37N9O6. The Hall–Kier alpha value is -5.99. The highest BCUT2D eigenvalue weighted by atomic mass is 16.5. The fraction of sp³-hybridized carbons (Fsp3) is 0.343. The van der Waals surface area contributed by atoms with Crippen molar-refractivity contribution in [2.24, 2.45) is 0 Å². The van der Waals surface area contributed by atoms with E-state index >= 15 is 0 Å². The molecule has 0 aliphatic carbocycles. The number of aromatic nitrogens is 5. The number of imidazole rings is 1. The number of nitrogens with one attached hydrogen (secondary N) is 2. The maximum absolute atomic E-state index is 13.8. The van der Waals surface area contributed by atoms with Gasteiger partial charge in [-0.05, 0) is 44.0 Å². The van der Waals surface area contributed by atoms with E-state index in [9.17, 15) is 19.2 Å². The van der Waals surface area contributed by atoms with Gasteiger partial charge in [0.2, 0.25) is 11.8 Å². The maximum Gasteiger partial charge on any atom is 0.290 e. The third kappa shape index (κ3) is 6.41. The Bertz CT molecular complexity index is 2080. The second kappa shape index (κ2) is 13.9. The van der Waals surface area contributed by atoms with E-state index in [2.05, 4.69) is 20.7 Å². The summed E-state index contributed by atoms with van der Waals surface area (Å²) in [6, 6.07) is 10.5. The van der Waals surface area contributed by atoms with Crippen molar-refractivity contribution in [3.05, 3.63) is 101 Å². The fourth-order valence-corrected chi connectivity index (χ4v) is 6.50. The summed E-state index contributed by atoms with van der Waals surface area (Å²) in [5, 5.41) is 10.0. The van der Waals surface area contributed by atoms with Crippen LogP contribution in [0.1, 0.15) is 61.6 Å². The predicted octanol–water partition coefficient (Wildman–Crippen LogP) is 2.08. The van der Waals surface area contributed by atoms with Crippen LogP contribution >= 0.6 is 0 Å². The van der Waals surface area contributed by atoms with Crippen molar-refractivity contribution >= 4 is 29.3 Å². The van der Waals surface area contributed by atoms with Gasteiger partial charge in [0.25, 0.3) is 11.8 Å². The number of aryl methyl sites for hydroxylation is 2. The van der Waals surface area contributed by atoms with Gasteiger partial charge in [-0.2, -0.15) is 5.10 Å². The number of furan rings is 1. The van der Waals surface area contributed by atoms with Crippen LogP contribution in [0, 0.1) is 13.8 Å². The second-order valence-corrected chi connectivity index (χ2v) is 12.3. The van der Waals surface area contributed by atoms with Gasteiger partial charge < -0.3 is 34.2 Å². The highest BCUT2D eigenvalue weighted by Crippen LogP contribution is 2.37. The average molecular weight is 680 g/mol. The van der Waals surface area contributed by atoms with Gasteiger partial charge >= 0.3 is 0 Å². The first-order valence-corrected chi connectivity index (χ1v) is 16.5. The summed E-state index contributed by atoms with van der Waals surface area (Å²) >= 11 is 0. The van der Waals surface area contributed by atoms with Crippen LogP contribution in [0.2, 0.25) is 0 Å². The Morgan fingerprint density at radius 3 is 2.64 bits per heavy atom. The van der Waals surface area contributed by atoms with Crippen molar-refractivity contribution in [2.45, 2.75) is 39.3 Å². The predicted molar refractivity (Wildman–Crippen MR) is 178 cm³/mol. The number of ether oxygens (including phenoxy) is 1. The third-order valence-electron chi connectivity index (χ3n) is 9.07. The summed E-state index contributed by atoms with van der Waals surface area (Å²) in [7, 11) is 0. The van der Waals surface area contributed by atoms with Crippen LogP contribution in [-0.2, 0) is 22.6 Å². The van der Waals surface area contributed by atoms with Gasteiger partial charge in [0, 0.05) is 56.1 Å². The van der Waals surface area contributed by atoms with Gasteiger partial charge in [-0.15, -0.1) is 0 Å². The largest absolute Gasteiger partial charge is 0.494 e. The van der Waals surface area contributed by atoms with Crippen molar-refractivity contribution in [1.82, 2.24) is 44.6 Å². The summed E-state index contributed by atoms with van der Waals surface area (Å²) < 4.78 is 15.0. The molecule has 4 amide bonds. The molecule has 0 fully saturated rings. The van der Waals surface area contributed by atoms with E-state index in [0.29, 0.717) is 60.9 Å². The number of carbonyl (C=O) groups excluding carboxylic acids is 4. The molecule has 0 spiro atoms. The normalized spacial score (nSPS) is 17.5. The molecule has 0 saturated carbocycles. The van der Waals surface area contributed by atoms with E-state index in [0.717, 1.165) is 16.8 Å². The number of benzene rings is 1. The monoisotopic (exact) mass is 679 g/mol. The van der Waals surface area contributed by atoms with Crippen LogP contribution in [-0.4, -0.2) is 96.9 Å². The molecule has 2 N–H and O–H groups in total. The Morgan fingerprint density at radius 2 is 1.80 bits per heavy atom. The minimum absolute atomic E-state index is 0.0170. The Labute approximate surface area is 287 Å².